The lowest BCUT2D eigenvalue weighted by Gasteiger charge is -2.31. The van der Waals surface area contributed by atoms with Crippen LogP contribution in [0.1, 0.15) is 27.2 Å². The molecule has 0 saturated carbocycles. The highest BCUT2D eigenvalue weighted by atomic mass is 19.4. The summed E-state index contributed by atoms with van der Waals surface area (Å²) < 4.78 is 57.7. The fourth-order valence-electron chi connectivity index (χ4n) is 3.76. The Kier molecular flexibility index (Phi) is 8.06. The van der Waals surface area contributed by atoms with Crippen molar-refractivity contribution in [3.8, 4) is 0 Å². The summed E-state index contributed by atoms with van der Waals surface area (Å²) >= 11 is 0. The van der Waals surface area contributed by atoms with Crippen LogP contribution in [-0.4, -0.2) is 69.9 Å². The molecule has 3 rings (SSSR count). The Morgan fingerprint density at radius 1 is 1.14 bits per heavy atom. The molecule has 0 aliphatic carbocycles. The molecule has 8 nitrogen and oxygen atoms in total. The molecule has 0 fully saturated rings. The van der Waals surface area contributed by atoms with Crippen LogP contribution in [0.5, 0.6) is 0 Å². The predicted octanol–water partition coefficient (Wildman–Crippen LogP) is 3.22. The zero-order valence-corrected chi connectivity index (χ0v) is 19.9. The minimum absolute atomic E-state index is 0.00391. The Labute approximate surface area is 209 Å². The van der Waals surface area contributed by atoms with Crippen molar-refractivity contribution < 1.29 is 37.7 Å². The molecule has 0 aliphatic heterocycles. The molecule has 198 valence electrons. The molecule has 0 radical (unpaired) electrons. The topological polar surface area (TPSA) is 122 Å². The number of alkyl halides is 3. The summed E-state index contributed by atoms with van der Waals surface area (Å²) in [5.41, 5.74) is -4.47. The number of aliphatic hydroxyl groups is 3. The monoisotopic (exact) mass is 522 g/mol. The fourth-order valence-corrected chi connectivity index (χ4v) is 3.76. The van der Waals surface area contributed by atoms with Gasteiger partial charge in [-0.05, 0) is 48.0 Å². The molecular weight excluding hydrogens is 496 g/mol. The number of aliphatic hydroxyl groups excluding tert-OH is 2. The molecule has 12 heteroatoms. The molecule has 1 heterocycles. The second-order valence-corrected chi connectivity index (χ2v) is 8.59. The Morgan fingerprint density at radius 3 is 2.32 bits per heavy atom. The van der Waals surface area contributed by atoms with Crippen LogP contribution in [0.15, 0.2) is 54.7 Å². The van der Waals surface area contributed by atoms with Crippen LogP contribution in [0.2, 0.25) is 0 Å². The molecule has 5 N–H and O–H groups in total. The van der Waals surface area contributed by atoms with Gasteiger partial charge in [0.05, 0.1) is 19.3 Å². The van der Waals surface area contributed by atoms with Gasteiger partial charge in [-0.3, -0.25) is 4.79 Å². The van der Waals surface area contributed by atoms with E-state index in [2.05, 4.69) is 5.32 Å². The molecule has 0 aliphatic rings. The molecule has 0 saturated heterocycles. The van der Waals surface area contributed by atoms with E-state index >= 15 is 0 Å². The van der Waals surface area contributed by atoms with Gasteiger partial charge in [0.1, 0.15) is 11.5 Å². The molecular formula is C25H26F4N4O4. The van der Waals surface area contributed by atoms with Crippen LogP contribution in [0.4, 0.5) is 28.9 Å². The predicted molar refractivity (Wildman–Crippen MR) is 129 cm³/mol. The van der Waals surface area contributed by atoms with Crippen molar-refractivity contribution in [2.24, 2.45) is 0 Å². The molecule has 2 unspecified atom stereocenters. The van der Waals surface area contributed by atoms with Crippen molar-refractivity contribution in [3.05, 3.63) is 82.9 Å². The molecule has 0 spiro atoms. The first kappa shape index (κ1) is 27.8. The number of halogens is 4. The quantitative estimate of drug-likeness (QED) is 0.218. The Morgan fingerprint density at radius 2 is 1.78 bits per heavy atom. The summed E-state index contributed by atoms with van der Waals surface area (Å²) in [7, 11) is 2.78. The van der Waals surface area contributed by atoms with Crippen LogP contribution < -0.4 is 5.32 Å². The van der Waals surface area contributed by atoms with Crippen LogP contribution in [0, 0.1) is 11.2 Å². The summed E-state index contributed by atoms with van der Waals surface area (Å²) in [5.74, 6) is -1.16. The van der Waals surface area contributed by atoms with Crippen LogP contribution in [0.25, 0.3) is 0 Å². The van der Waals surface area contributed by atoms with E-state index in [1.54, 1.807) is 0 Å². The Balaban J connectivity index is 2.14. The number of benzene rings is 2. The number of anilines is 2. The van der Waals surface area contributed by atoms with Crippen molar-refractivity contribution >= 4 is 23.5 Å². The molecule has 2 aromatic carbocycles. The van der Waals surface area contributed by atoms with E-state index in [-0.39, 0.29) is 16.9 Å². The lowest BCUT2D eigenvalue weighted by molar-refractivity contribution is -0.248. The molecule has 0 bridgehead atoms. The average molecular weight is 522 g/mol. The smallest absolute Gasteiger partial charge is 0.394 e. The third-order valence-electron chi connectivity index (χ3n) is 5.72. The van der Waals surface area contributed by atoms with Gasteiger partial charge in [-0.15, -0.1) is 0 Å². The van der Waals surface area contributed by atoms with Crippen LogP contribution in [0.3, 0.4) is 0 Å². The number of amides is 1. The van der Waals surface area contributed by atoms with Gasteiger partial charge >= 0.3 is 6.18 Å². The van der Waals surface area contributed by atoms with Crippen LogP contribution >= 0.6 is 0 Å². The third kappa shape index (κ3) is 5.66. The maximum Gasteiger partial charge on any atom is 0.425 e. The Hall–Kier alpha value is -3.74. The van der Waals surface area contributed by atoms with E-state index in [1.807, 2.05) is 0 Å². The number of rotatable bonds is 9. The number of carbonyl (C=O) groups is 1. The number of aromatic nitrogens is 1. The van der Waals surface area contributed by atoms with E-state index in [1.165, 1.54) is 44.4 Å². The van der Waals surface area contributed by atoms with Gasteiger partial charge in [-0.2, -0.15) is 13.2 Å². The maximum atomic E-state index is 14.5. The zero-order valence-electron chi connectivity index (χ0n) is 19.9. The van der Waals surface area contributed by atoms with Crippen LogP contribution in [-0.2, 0) is 12.1 Å². The van der Waals surface area contributed by atoms with E-state index in [4.69, 9.17) is 5.41 Å². The summed E-state index contributed by atoms with van der Waals surface area (Å²) in [4.78, 5) is 13.8. The second-order valence-electron chi connectivity index (χ2n) is 8.59. The van der Waals surface area contributed by atoms with E-state index < -0.39 is 53.9 Å². The number of hydrogen-bond acceptors (Lipinski definition) is 6. The highest BCUT2D eigenvalue weighted by Gasteiger charge is 2.57. The summed E-state index contributed by atoms with van der Waals surface area (Å²) in [6.07, 6.45) is -4.92. The highest BCUT2D eigenvalue weighted by molar-refractivity contribution is 5.93. The molecule has 37 heavy (non-hydrogen) atoms. The van der Waals surface area contributed by atoms with Gasteiger partial charge in [0.25, 0.3) is 5.91 Å². The minimum Gasteiger partial charge on any atom is -0.394 e. The van der Waals surface area contributed by atoms with Gasteiger partial charge < -0.3 is 35.5 Å². The SMILES string of the molecule is CN(C)C(=O)c1cc(C(O)(c2ccc(Nc3ccc(F)cc3)c(C=N)c2)C(F)(F)F)cn1CC(O)CO. The number of nitrogens with one attached hydrogen (secondary N) is 2. The third-order valence-corrected chi connectivity index (χ3v) is 5.72. The van der Waals surface area contributed by atoms with E-state index in [0.29, 0.717) is 5.69 Å². The summed E-state index contributed by atoms with van der Waals surface area (Å²) in [6.45, 7) is -1.09. The van der Waals surface area contributed by atoms with Crippen molar-refractivity contribution in [1.82, 2.24) is 9.47 Å². The van der Waals surface area contributed by atoms with Gasteiger partial charge in [0, 0.05) is 49.0 Å². The first-order valence-corrected chi connectivity index (χ1v) is 11.0. The summed E-state index contributed by atoms with van der Waals surface area (Å²) in [6, 6.07) is 9.34. The zero-order chi connectivity index (χ0) is 27.5. The lowest BCUT2D eigenvalue weighted by Crippen LogP contribution is -2.43. The maximum absolute atomic E-state index is 14.5. The molecule has 3 aromatic rings. The summed E-state index contributed by atoms with van der Waals surface area (Å²) in [5, 5.41) is 40.8. The first-order chi connectivity index (χ1) is 17.3. The standard InChI is InChI=1S/C25H26F4N4O4/c1-32(2)23(36)22-10-17(12-33(22)13-20(35)14-34)24(37,25(27,28)29)16-3-8-21(15(9-16)11-30)31-19-6-4-18(26)5-7-19/h3-12,20,30-31,34-35,37H,13-14H2,1-2H3. The second kappa shape index (κ2) is 10.7. The van der Waals surface area contributed by atoms with Gasteiger partial charge in [0.15, 0.2) is 0 Å². The number of nitrogens with zero attached hydrogens (tertiary/aromatic N) is 2. The normalized spacial score (nSPS) is 14.1. The lowest BCUT2D eigenvalue weighted by atomic mass is 9.86. The van der Waals surface area contributed by atoms with Crippen molar-refractivity contribution in [2.45, 2.75) is 24.4 Å². The number of carbonyl (C=O) groups excluding carboxylic acids is 1. The van der Waals surface area contributed by atoms with Crippen molar-refractivity contribution in [3.63, 3.8) is 0 Å². The Bertz CT molecular complexity index is 1270. The fraction of sp³-hybridized carbons (Fsp3) is 0.280. The van der Waals surface area contributed by atoms with Gasteiger partial charge in [0.2, 0.25) is 5.60 Å². The molecule has 1 amide bonds. The van der Waals surface area contributed by atoms with Crippen molar-refractivity contribution in [2.75, 3.05) is 26.0 Å². The average Bonchev–Trinajstić information content (AvgIpc) is 3.27. The molecule has 1 aromatic heterocycles. The number of hydrogen-bond donors (Lipinski definition) is 5. The van der Waals surface area contributed by atoms with E-state index in [0.717, 1.165) is 40.1 Å². The van der Waals surface area contributed by atoms with Gasteiger partial charge in [-0.1, -0.05) is 6.07 Å². The highest BCUT2D eigenvalue weighted by Crippen LogP contribution is 2.45. The first-order valence-electron chi connectivity index (χ1n) is 11.0. The largest absolute Gasteiger partial charge is 0.425 e. The minimum atomic E-state index is -5.25. The van der Waals surface area contributed by atoms with Gasteiger partial charge in [-0.25, -0.2) is 4.39 Å². The van der Waals surface area contributed by atoms with Crippen molar-refractivity contribution in [1.29, 1.82) is 5.41 Å². The molecule has 2 atom stereocenters. The van der Waals surface area contributed by atoms with E-state index in [9.17, 15) is 37.7 Å².